The zero-order valence-corrected chi connectivity index (χ0v) is 12.7. The van der Waals surface area contributed by atoms with Crippen LogP contribution in [-0.2, 0) is 0 Å². The number of nitrogen functional groups attached to an aromatic ring is 1. The van der Waals surface area contributed by atoms with Crippen molar-refractivity contribution in [2.24, 2.45) is 0 Å². The summed E-state index contributed by atoms with van der Waals surface area (Å²) in [4.78, 5) is 2.38. The second-order valence-electron chi connectivity index (χ2n) is 5.25. The molecule has 0 radical (unpaired) electrons. The molecule has 1 aliphatic rings. The Labute approximate surface area is 121 Å². The lowest BCUT2D eigenvalue weighted by Gasteiger charge is -2.28. The van der Waals surface area contributed by atoms with Crippen molar-refractivity contribution in [3.8, 4) is 11.5 Å². The van der Waals surface area contributed by atoms with Crippen molar-refractivity contribution in [2.75, 3.05) is 36.9 Å². The number of fused-ring (bicyclic) bond motifs is 1. The number of rotatable bonds is 7. The summed E-state index contributed by atoms with van der Waals surface area (Å²) in [5, 5.41) is 0. The number of unbranched alkanes of at least 4 members (excludes halogenated alkanes) is 2. The second-order valence-corrected chi connectivity index (χ2v) is 5.25. The molecule has 1 aromatic carbocycles. The molecule has 0 aromatic heterocycles. The maximum Gasteiger partial charge on any atom is 0.163 e. The largest absolute Gasteiger partial charge is 0.486 e. The van der Waals surface area contributed by atoms with Crippen LogP contribution in [-0.4, -0.2) is 26.3 Å². The summed E-state index contributed by atoms with van der Waals surface area (Å²) in [6.07, 6.45) is 4.73. The first-order valence-corrected chi connectivity index (χ1v) is 7.70. The number of anilines is 2. The van der Waals surface area contributed by atoms with Crippen LogP contribution in [0.25, 0.3) is 0 Å². The number of benzene rings is 1. The molecule has 0 amide bonds. The van der Waals surface area contributed by atoms with Gasteiger partial charge in [-0.25, -0.2) is 0 Å². The predicted octanol–water partition coefficient (Wildman–Crippen LogP) is 3.45. The van der Waals surface area contributed by atoms with Crippen molar-refractivity contribution in [1.29, 1.82) is 0 Å². The van der Waals surface area contributed by atoms with Crippen molar-refractivity contribution in [3.05, 3.63) is 12.1 Å². The second kappa shape index (κ2) is 7.27. The third kappa shape index (κ3) is 3.50. The van der Waals surface area contributed by atoms with Crippen molar-refractivity contribution >= 4 is 11.4 Å². The highest BCUT2D eigenvalue weighted by Gasteiger charge is 2.17. The van der Waals surface area contributed by atoms with Gasteiger partial charge in [-0.15, -0.1) is 0 Å². The van der Waals surface area contributed by atoms with E-state index in [0.29, 0.717) is 13.2 Å². The smallest absolute Gasteiger partial charge is 0.163 e. The molecule has 112 valence electrons. The fraction of sp³-hybridized carbons (Fsp3) is 0.625. The van der Waals surface area contributed by atoms with Crippen LogP contribution < -0.4 is 20.1 Å². The number of nitrogens with zero attached hydrogens (tertiary/aromatic N) is 1. The highest BCUT2D eigenvalue weighted by atomic mass is 16.6. The first-order valence-electron chi connectivity index (χ1n) is 7.70. The lowest BCUT2D eigenvalue weighted by Crippen LogP contribution is -2.27. The van der Waals surface area contributed by atoms with Crippen molar-refractivity contribution in [3.63, 3.8) is 0 Å². The Balaban J connectivity index is 2.21. The summed E-state index contributed by atoms with van der Waals surface area (Å²) in [5.41, 5.74) is 8.07. The molecule has 0 aliphatic carbocycles. The third-order valence-corrected chi connectivity index (χ3v) is 3.60. The molecule has 4 nitrogen and oxygen atoms in total. The van der Waals surface area contributed by atoms with Gasteiger partial charge in [0.2, 0.25) is 0 Å². The molecule has 2 rings (SSSR count). The summed E-state index contributed by atoms with van der Waals surface area (Å²) in [5.74, 6) is 1.59. The molecule has 4 heteroatoms. The average Bonchev–Trinajstić information content (AvgIpc) is 2.47. The van der Waals surface area contributed by atoms with E-state index in [2.05, 4.69) is 18.7 Å². The Bertz CT molecular complexity index is 427. The number of nitrogens with two attached hydrogens (primary N) is 1. The monoisotopic (exact) mass is 278 g/mol. The minimum Gasteiger partial charge on any atom is -0.486 e. The van der Waals surface area contributed by atoms with E-state index < -0.39 is 0 Å². The van der Waals surface area contributed by atoms with Crippen molar-refractivity contribution in [2.45, 2.75) is 39.5 Å². The quantitative estimate of drug-likeness (QED) is 0.776. The van der Waals surface area contributed by atoms with Gasteiger partial charge < -0.3 is 20.1 Å². The standard InChI is InChI=1S/C16H26N2O2/c1-3-5-7-18(8-6-4-2)14-12-16-15(11-13(14)17)19-9-10-20-16/h11-12H,3-10,17H2,1-2H3. The van der Waals surface area contributed by atoms with Gasteiger partial charge in [0, 0.05) is 25.2 Å². The van der Waals surface area contributed by atoms with Crippen molar-refractivity contribution in [1.82, 2.24) is 0 Å². The van der Waals surface area contributed by atoms with Crippen LogP contribution in [0.1, 0.15) is 39.5 Å². The van der Waals surface area contributed by atoms with Crippen molar-refractivity contribution < 1.29 is 9.47 Å². The Kier molecular flexibility index (Phi) is 5.39. The van der Waals surface area contributed by atoms with Crippen LogP contribution in [0.2, 0.25) is 0 Å². The van der Waals surface area contributed by atoms with Gasteiger partial charge in [0.1, 0.15) is 13.2 Å². The molecule has 0 bridgehead atoms. The predicted molar refractivity (Wildman–Crippen MR) is 83.9 cm³/mol. The first kappa shape index (κ1) is 14.8. The Morgan fingerprint density at radius 3 is 2.10 bits per heavy atom. The Morgan fingerprint density at radius 1 is 1.00 bits per heavy atom. The van der Waals surface area contributed by atoms with Crippen LogP contribution in [0, 0.1) is 0 Å². The van der Waals surface area contributed by atoms with Gasteiger partial charge >= 0.3 is 0 Å². The van der Waals surface area contributed by atoms with Crippen LogP contribution in [0.3, 0.4) is 0 Å². The molecule has 0 atom stereocenters. The maximum absolute atomic E-state index is 6.21. The normalized spacial score (nSPS) is 13.3. The molecule has 1 aliphatic heterocycles. The number of hydrogen-bond acceptors (Lipinski definition) is 4. The fourth-order valence-electron chi connectivity index (χ4n) is 2.42. The maximum atomic E-state index is 6.21. The minimum atomic E-state index is 0.598. The molecule has 0 saturated heterocycles. The molecule has 1 heterocycles. The van der Waals surface area contributed by atoms with E-state index in [1.54, 1.807) is 0 Å². The Morgan fingerprint density at radius 2 is 1.55 bits per heavy atom. The lowest BCUT2D eigenvalue weighted by atomic mass is 10.1. The van der Waals surface area contributed by atoms with Crippen LogP contribution in [0.5, 0.6) is 11.5 Å². The van der Waals surface area contributed by atoms with Crippen LogP contribution in [0.15, 0.2) is 12.1 Å². The highest BCUT2D eigenvalue weighted by molar-refractivity contribution is 5.73. The number of ether oxygens (including phenoxy) is 2. The van der Waals surface area contributed by atoms with E-state index in [-0.39, 0.29) is 0 Å². The summed E-state index contributed by atoms with van der Waals surface area (Å²) < 4.78 is 11.2. The average molecular weight is 278 g/mol. The molecular weight excluding hydrogens is 252 g/mol. The van der Waals surface area contributed by atoms with E-state index >= 15 is 0 Å². The van der Waals surface area contributed by atoms with Gasteiger partial charge in [-0.05, 0) is 12.8 Å². The van der Waals surface area contributed by atoms with E-state index in [0.717, 1.165) is 36.0 Å². The van der Waals surface area contributed by atoms with Gasteiger partial charge in [0.25, 0.3) is 0 Å². The van der Waals surface area contributed by atoms with Crippen LogP contribution in [0.4, 0.5) is 11.4 Å². The lowest BCUT2D eigenvalue weighted by molar-refractivity contribution is 0.172. The van der Waals surface area contributed by atoms with Gasteiger partial charge in [0.05, 0.1) is 11.4 Å². The molecule has 1 aromatic rings. The van der Waals surface area contributed by atoms with Gasteiger partial charge in [-0.3, -0.25) is 0 Å². The molecule has 0 fully saturated rings. The molecule has 2 N–H and O–H groups in total. The zero-order valence-electron chi connectivity index (χ0n) is 12.7. The fourth-order valence-corrected chi connectivity index (χ4v) is 2.42. The summed E-state index contributed by atoms with van der Waals surface area (Å²) >= 11 is 0. The molecule has 0 saturated carbocycles. The first-order chi connectivity index (χ1) is 9.76. The summed E-state index contributed by atoms with van der Waals surface area (Å²) in [6.45, 7) is 7.72. The van der Waals surface area contributed by atoms with Crippen LogP contribution >= 0.6 is 0 Å². The number of hydrogen-bond donors (Lipinski definition) is 1. The molecular formula is C16H26N2O2. The SMILES string of the molecule is CCCCN(CCCC)c1cc2c(cc1N)OCCO2. The third-order valence-electron chi connectivity index (χ3n) is 3.60. The molecule has 20 heavy (non-hydrogen) atoms. The summed E-state index contributed by atoms with van der Waals surface area (Å²) in [7, 11) is 0. The van der Waals surface area contributed by atoms with E-state index in [9.17, 15) is 0 Å². The molecule has 0 spiro atoms. The Hall–Kier alpha value is -1.58. The van der Waals surface area contributed by atoms with Gasteiger partial charge in [-0.2, -0.15) is 0 Å². The van der Waals surface area contributed by atoms with E-state index in [1.807, 2.05) is 12.1 Å². The zero-order chi connectivity index (χ0) is 14.4. The van der Waals surface area contributed by atoms with Gasteiger partial charge in [0.15, 0.2) is 11.5 Å². The summed E-state index contributed by atoms with van der Waals surface area (Å²) in [6, 6.07) is 3.93. The van der Waals surface area contributed by atoms with Gasteiger partial charge in [-0.1, -0.05) is 26.7 Å². The van der Waals surface area contributed by atoms with E-state index in [1.165, 1.54) is 25.7 Å². The topological polar surface area (TPSA) is 47.7 Å². The van der Waals surface area contributed by atoms with E-state index in [4.69, 9.17) is 15.2 Å². The molecule has 0 unspecified atom stereocenters. The minimum absolute atomic E-state index is 0.598. The highest BCUT2D eigenvalue weighted by Crippen LogP contribution is 2.38.